The number of carbonyl (C=O) groups is 2. The highest BCUT2D eigenvalue weighted by Crippen LogP contribution is 2.21. The van der Waals surface area contributed by atoms with E-state index >= 15 is 0 Å². The van der Waals surface area contributed by atoms with Crippen molar-refractivity contribution < 1.29 is 22.7 Å². The van der Waals surface area contributed by atoms with Crippen LogP contribution in [0.25, 0.3) is 11.0 Å². The minimum Gasteiger partial charge on any atom is -0.464 e. The van der Waals surface area contributed by atoms with E-state index in [4.69, 9.17) is 4.74 Å². The molecule has 1 atom stereocenters. The van der Waals surface area contributed by atoms with E-state index in [1.807, 2.05) is 11.6 Å². The molecule has 0 fully saturated rings. The van der Waals surface area contributed by atoms with Crippen molar-refractivity contribution >= 4 is 32.9 Å². The molecule has 1 aromatic carbocycles. The van der Waals surface area contributed by atoms with Crippen LogP contribution < -0.4 is 5.32 Å². The lowest BCUT2D eigenvalue weighted by Gasteiger charge is -2.12. The molecule has 9 nitrogen and oxygen atoms in total. The van der Waals surface area contributed by atoms with Crippen molar-refractivity contribution in [1.29, 1.82) is 0 Å². The van der Waals surface area contributed by atoms with Crippen molar-refractivity contribution in [2.45, 2.75) is 37.6 Å². The molecule has 154 valence electrons. The molecule has 0 saturated carbocycles. The summed E-state index contributed by atoms with van der Waals surface area (Å²) in [6.45, 7) is 3.52. The quantitative estimate of drug-likeness (QED) is 0.645. The van der Waals surface area contributed by atoms with Gasteiger partial charge in [-0.15, -0.1) is 0 Å². The molecule has 1 aromatic heterocycles. The molecule has 0 spiro atoms. The summed E-state index contributed by atoms with van der Waals surface area (Å²) in [5.74, 6) is -0.120. The second kappa shape index (κ2) is 8.70. The molecule has 1 unspecified atom stereocenters. The molecule has 28 heavy (non-hydrogen) atoms. The first-order chi connectivity index (χ1) is 13.1. The fourth-order valence-electron chi connectivity index (χ4n) is 2.69. The van der Waals surface area contributed by atoms with Gasteiger partial charge in [0.05, 0.1) is 22.5 Å². The summed E-state index contributed by atoms with van der Waals surface area (Å²) >= 11 is 0. The average molecular weight is 410 g/mol. The standard InChI is InChI=1S/C18H26N4O5S/c1-6-27-18(24)12(2)19-17(23)10-9-16-20-14-11-13(28(25,26)21(3)4)7-8-15(14)22(16)5/h7-8,11-12H,6,9-10H2,1-5H3,(H,19,23). The summed E-state index contributed by atoms with van der Waals surface area (Å²) in [5, 5.41) is 2.59. The van der Waals surface area contributed by atoms with E-state index in [0.717, 1.165) is 9.82 Å². The molecule has 0 bridgehead atoms. The number of hydrogen-bond acceptors (Lipinski definition) is 6. The molecule has 0 aliphatic heterocycles. The SMILES string of the molecule is CCOC(=O)C(C)NC(=O)CCc1nc2cc(S(=O)(=O)N(C)C)ccc2n1C. The average Bonchev–Trinajstić information content (AvgIpc) is 2.95. The lowest BCUT2D eigenvalue weighted by molar-refractivity contribution is -0.146. The van der Waals surface area contributed by atoms with Gasteiger partial charge in [-0.1, -0.05) is 0 Å². The maximum absolute atomic E-state index is 12.3. The van der Waals surface area contributed by atoms with Gasteiger partial charge >= 0.3 is 5.97 Å². The zero-order chi connectivity index (χ0) is 21.1. The van der Waals surface area contributed by atoms with E-state index < -0.39 is 22.0 Å². The monoisotopic (exact) mass is 410 g/mol. The van der Waals surface area contributed by atoms with Crippen LogP contribution in [0.1, 0.15) is 26.1 Å². The van der Waals surface area contributed by atoms with Gasteiger partial charge in [-0.2, -0.15) is 0 Å². The van der Waals surface area contributed by atoms with E-state index in [9.17, 15) is 18.0 Å². The molecule has 2 rings (SSSR count). The number of carbonyl (C=O) groups excluding carboxylic acids is 2. The summed E-state index contributed by atoms with van der Waals surface area (Å²) < 4.78 is 32.4. The summed E-state index contributed by atoms with van der Waals surface area (Å²) in [5.41, 5.74) is 1.31. The smallest absolute Gasteiger partial charge is 0.328 e. The molecule has 0 aliphatic rings. The van der Waals surface area contributed by atoms with E-state index in [-0.39, 0.29) is 23.8 Å². The normalized spacial score (nSPS) is 12.9. The third-order valence-electron chi connectivity index (χ3n) is 4.32. The number of amides is 1. The van der Waals surface area contributed by atoms with Crippen molar-refractivity contribution in [3.05, 3.63) is 24.0 Å². The zero-order valence-corrected chi connectivity index (χ0v) is 17.5. The first-order valence-corrected chi connectivity index (χ1v) is 10.4. The molecule has 10 heteroatoms. The van der Waals surface area contributed by atoms with Crippen LogP contribution in [0.2, 0.25) is 0 Å². The van der Waals surface area contributed by atoms with Gasteiger partial charge in [0.1, 0.15) is 11.9 Å². The number of sulfonamides is 1. The van der Waals surface area contributed by atoms with Crippen molar-refractivity contribution in [2.24, 2.45) is 7.05 Å². The lowest BCUT2D eigenvalue weighted by atomic mass is 10.2. The predicted molar refractivity (Wildman–Crippen MR) is 104 cm³/mol. The summed E-state index contributed by atoms with van der Waals surface area (Å²) in [6.07, 6.45) is 0.492. The predicted octanol–water partition coefficient (Wildman–Crippen LogP) is 0.824. The summed E-state index contributed by atoms with van der Waals surface area (Å²) in [7, 11) is 1.20. The molecule has 1 heterocycles. The first-order valence-electron chi connectivity index (χ1n) is 8.91. The molecule has 2 aromatic rings. The van der Waals surface area contributed by atoms with Gasteiger partial charge in [0.25, 0.3) is 0 Å². The highest BCUT2D eigenvalue weighted by atomic mass is 32.2. The lowest BCUT2D eigenvalue weighted by Crippen LogP contribution is -2.39. The van der Waals surface area contributed by atoms with Crippen LogP contribution in [0.5, 0.6) is 0 Å². The Morgan fingerprint density at radius 3 is 2.61 bits per heavy atom. The van der Waals surface area contributed by atoms with Crippen LogP contribution in [0, 0.1) is 0 Å². The van der Waals surface area contributed by atoms with Gasteiger partial charge in [-0.25, -0.2) is 22.5 Å². The Balaban J connectivity index is 2.12. The van der Waals surface area contributed by atoms with Gasteiger partial charge in [-0.3, -0.25) is 4.79 Å². The molecule has 0 aliphatic carbocycles. The number of aryl methyl sites for hydroxylation is 2. The number of nitrogens with zero attached hydrogens (tertiary/aromatic N) is 3. The van der Waals surface area contributed by atoms with Gasteiger partial charge < -0.3 is 14.6 Å². The Kier molecular flexibility index (Phi) is 6.78. The Hall–Kier alpha value is -2.46. The van der Waals surface area contributed by atoms with Crippen LogP contribution in [0.3, 0.4) is 0 Å². The number of hydrogen-bond donors (Lipinski definition) is 1. The van der Waals surface area contributed by atoms with Gasteiger partial charge in [0, 0.05) is 34.0 Å². The molecule has 0 saturated heterocycles. The minimum absolute atomic E-state index is 0.143. The summed E-state index contributed by atoms with van der Waals surface area (Å²) in [6, 6.07) is 4.05. The van der Waals surface area contributed by atoms with Gasteiger partial charge in [-0.05, 0) is 32.0 Å². The molecular formula is C18H26N4O5S. The first kappa shape index (κ1) is 21.8. The number of rotatable bonds is 8. The maximum atomic E-state index is 12.3. The highest BCUT2D eigenvalue weighted by Gasteiger charge is 2.20. The molecule has 0 radical (unpaired) electrons. The second-order valence-electron chi connectivity index (χ2n) is 6.57. The van der Waals surface area contributed by atoms with Gasteiger partial charge in [0.2, 0.25) is 15.9 Å². The van der Waals surface area contributed by atoms with E-state index in [0.29, 0.717) is 17.8 Å². The summed E-state index contributed by atoms with van der Waals surface area (Å²) in [4.78, 5) is 28.3. The molecule has 1 amide bonds. The third kappa shape index (κ3) is 4.68. The number of imidazole rings is 1. The van der Waals surface area contributed by atoms with E-state index in [2.05, 4.69) is 10.3 Å². The number of nitrogens with one attached hydrogen (secondary N) is 1. The number of benzene rings is 1. The van der Waals surface area contributed by atoms with Crippen LogP contribution in [-0.2, 0) is 37.8 Å². The Bertz CT molecular complexity index is 981. The minimum atomic E-state index is -3.55. The van der Waals surface area contributed by atoms with Crippen molar-refractivity contribution in [1.82, 2.24) is 19.2 Å². The number of esters is 1. The van der Waals surface area contributed by atoms with E-state index in [1.54, 1.807) is 19.9 Å². The van der Waals surface area contributed by atoms with E-state index in [1.165, 1.54) is 26.2 Å². The van der Waals surface area contributed by atoms with Crippen LogP contribution in [0.4, 0.5) is 0 Å². The fourth-order valence-corrected chi connectivity index (χ4v) is 3.61. The second-order valence-corrected chi connectivity index (χ2v) is 8.72. The van der Waals surface area contributed by atoms with Crippen LogP contribution >= 0.6 is 0 Å². The Morgan fingerprint density at radius 1 is 1.32 bits per heavy atom. The van der Waals surface area contributed by atoms with Crippen molar-refractivity contribution in [2.75, 3.05) is 20.7 Å². The number of ether oxygens (including phenoxy) is 1. The topological polar surface area (TPSA) is 111 Å². The Morgan fingerprint density at radius 2 is 2.00 bits per heavy atom. The van der Waals surface area contributed by atoms with Crippen molar-refractivity contribution in [3.8, 4) is 0 Å². The van der Waals surface area contributed by atoms with Crippen molar-refractivity contribution in [3.63, 3.8) is 0 Å². The number of aromatic nitrogens is 2. The largest absolute Gasteiger partial charge is 0.464 e. The number of fused-ring (bicyclic) bond motifs is 1. The third-order valence-corrected chi connectivity index (χ3v) is 6.13. The fraction of sp³-hybridized carbons (Fsp3) is 0.500. The maximum Gasteiger partial charge on any atom is 0.328 e. The highest BCUT2D eigenvalue weighted by molar-refractivity contribution is 7.89. The van der Waals surface area contributed by atoms with Crippen LogP contribution in [-0.4, -0.2) is 60.9 Å². The Labute approximate surface area is 164 Å². The zero-order valence-electron chi connectivity index (χ0n) is 16.7. The molecular weight excluding hydrogens is 384 g/mol. The van der Waals surface area contributed by atoms with Gasteiger partial charge in [0.15, 0.2) is 0 Å². The molecule has 1 N–H and O–H groups in total. The van der Waals surface area contributed by atoms with Crippen LogP contribution in [0.15, 0.2) is 23.1 Å².